The molecule has 3 aliphatic carbocycles. The molecule has 0 aromatic heterocycles. The molecule has 0 amide bonds. The van der Waals surface area contributed by atoms with Crippen molar-refractivity contribution >= 4 is 17.9 Å². The van der Waals surface area contributed by atoms with E-state index < -0.39 is 132 Å². The number of carbonyl (C=O) groups is 3. The third-order valence-corrected chi connectivity index (χ3v) is 12.2. The van der Waals surface area contributed by atoms with Crippen LogP contribution in [0.25, 0.3) is 0 Å². The van der Waals surface area contributed by atoms with Crippen molar-refractivity contribution in [1.29, 1.82) is 0 Å². The van der Waals surface area contributed by atoms with Gasteiger partial charge in [0.25, 0.3) is 0 Å². The van der Waals surface area contributed by atoms with Crippen molar-refractivity contribution < 1.29 is 78.6 Å². The Morgan fingerprint density at radius 3 is 2.31 bits per heavy atom. The van der Waals surface area contributed by atoms with Crippen LogP contribution >= 0.6 is 0 Å². The number of hydrogen-bond donors (Lipinski definition) is 7. The van der Waals surface area contributed by atoms with E-state index >= 15 is 0 Å². The number of methoxy groups -OCH3 is 1. The predicted octanol–water partition coefficient (Wildman–Crippen LogP) is -2.70. The minimum Gasteiger partial charge on any atom is -0.467 e. The van der Waals surface area contributed by atoms with Crippen LogP contribution in [-0.2, 0) is 42.8 Å². The lowest BCUT2D eigenvalue weighted by Gasteiger charge is -2.69. The second-order valence-electron chi connectivity index (χ2n) is 14.9. The van der Waals surface area contributed by atoms with Gasteiger partial charge >= 0.3 is 17.9 Å². The maximum Gasteiger partial charge on any atom is 0.348 e. The molecule has 3 heterocycles. The molecule has 3 aliphatic heterocycles. The maximum absolute atomic E-state index is 13.7. The number of rotatable bonds is 6. The van der Waals surface area contributed by atoms with Gasteiger partial charge in [-0.3, -0.25) is 0 Å². The first-order chi connectivity index (χ1) is 22.5. The molecule has 18 atom stereocenters. The van der Waals surface area contributed by atoms with Crippen LogP contribution in [0.1, 0.15) is 40.5 Å². The van der Waals surface area contributed by atoms with E-state index in [0.29, 0.717) is 5.57 Å². The van der Waals surface area contributed by atoms with E-state index in [-0.39, 0.29) is 19.4 Å². The summed E-state index contributed by atoms with van der Waals surface area (Å²) in [6.45, 7) is 5.91. The van der Waals surface area contributed by atoms with Crippen molar-refractivity contribution in [1.82, 2.24) is 0 Å². The number of carbonyl (C=O) groups excluding carboxylic acids is 3. The molecule has 48 heavy (non-hydrogen) atoms. The van der Waals surface area contributed by atoms with Crippen molar-refractivity contribution in [3.8, 4) is 0 Å². The Balaban J connectivity index is 1.43. The molecule has 0 aromatic carbocycles. The van der Waals surface area contributed by atoms with Crippen LogP contribution < -0.4 is 0 Å². The predicted molar refractivity (Wildman–Crippen MR) is 156 cm³/mol. The number of aliphatic hydroxyl groups excluding tert-OH is 7. The lowest BCUT2D eigenvalue weighted by molar-refractivity contribution is -0.340. The largest absolute Gasteiger partial charge is 0.467 e. The zero-order valence-electron chi connectivity index (χ0n) is 27.4. The zero-order chi connectivity index (χ0) is 35.2. The minimum absolute atomic E-state index is 0.0186. The SMILES string of the molecule is COC(=O)[C@@]12OC[C@]34C([C@@H](O)[C@@H]1O)[C@@]1(C)C[C@@H](O[C@@H]5O[C@H](CO)[C@@H](O)[C@H](O)[C@H]5O)[C@@H](O)[C@@H](C)[C@@H]1C[C@H]3OC(=O)[C@H](OC(=O)C=C(C)C)[C@@H]24. The highest BCUT2D eigenvalue weighted by Crippen LogP contribution is 2.73. The number of allylic oxidation sites excluding steroid dienone is 1. The van der Waals surface area contributed by atoms with Crippen LogP contribution in [0.15, 0.2) is 11.6 Å². The van der Waals surface area contributed by atoms with E-state index in [9.17, 15) is 50.1 Å². The van der Waals surface area contributed by atoms with Crippen molar-refractivity contribution in [2.45, 2.75) is 113 Å². The molecule has 3 saturated heterocycles. The van der Waals surface area contributed by atoms with Crippen LogP contribution in [0.2, 0.25) is 0 Å². The van der Waals surface area contributed by atoms with Gasteiger partial charge in [0.1, 0.15) is 36.6 Å². The highest BCUT2D eigenvalue weighted by atomic mass is 16.7. The van der Waals surface area contributed by atoms with Gasteiger partial charge in [0.15, 0.2) is 6.29 Å². The summed E-state index contributed by atoms with van der Waals surface area (Å²) in [6, 6.07) is 0. The smallest absolute Gasteiger partial charge is 0.348 e. The summed E-state index contributed by atoms with van der Waals surface area (Å²) in [5, 5.41) is 76.4. The van der Waals surface area contributed by atoms with Crippen LogP contribution in [0.4, 0.5) is 0 Å². The van der Waals surface area contributed by atoms with Crippen LogP contribution in [-0.4, -0.2) is 147 Å². The Morgan fingerprint density at radius 2 is 1.69 bits per heavy atom. The fourth-order valence-electron chi connectivity index (χ4n) is 10.3. The Morgan fingerprint density at radius 1 is 1.00 bits per heavy atom. The van der Waals surface area contributed by atoms with Gasteiger partial charge in [-0.1, -0.05) is 19.4 Å². The quantitative estimate of drug-likeness (QED) is 0.0650. The molecule has 16 nitrogen and oxygen atoms in total. The molecule has 0 radical (unpaired) electrons. The van der Waals surface area contributed by atoms with Gasteiger partial charge in [-0.2, -0.15) is 0 Å². The molecule has 2 bridgehead atoms. The first kappa shape index (κ1) is 35.6. The normalized spacial score (nSPS) is 52.3. The fraction of sp³-hybridized carbons (Fsp3) is 0.844. The Kier molecular flexibility index (Phi) is 9.05. The van der Waals surface area contributed by atoms with Gasteiger partial charge in [0, 0.05) is 17.4 Å². The van der Waals surface area contributed by atoms with Crippen molar-refractivity contribution in [3.63, 3.8) is 0 Å². The standard InChI is InChI=1S/C32H46O16/c1-11(2)6-17(34)48-23-25-31-10-44-32(25,29(42)43-5)26(40)22(39)24(31)30(4)8-14(18(35)12(3)13(30)7-16(31)47-27(23)41)45-28-21(38)20(37)19(36)15(9-33)46-28/h6,12-16,18-26,28,33,35-40H,7-10H2,1-5H3/t12-,13-,14+,15+,16+,18-,19+,20-,21+,22+,23+,24?,25+,26-,28+,30-,31+,32-/m0/s1. The van der Waals surface area contributed by atoms with Gasteiger partial charge in [0.2, 0.25) is 11.7 Å². The average Bonchev–Trinajstić information content (AvgIpc) is 3.34. The summed E-state index contributed by atoms with van der Waals surface area (Å²) in [6.07, 6.45) is -15.2. The van der Waals surface area contributed by atoms with Gasteiger partial charge in [-0.15, -0.1) is 0 Å². The third kappa shape index (κ3) is 4.75. The molecule has 270 valence electrons. The summed E-state index contributed by atoms with van der Waals surface area (Å²) in [7, 11) is 1.07. The number of hydrogen-bond acceptors (Lipinski definition) is 16. The van der Waals surface area contributed by atoms with Crippen molar-refractivity contribution in [3.05, 3.63) is 11.6 Å². The van der Waals surface area contributed by atoms with Gasteiger partial charge in [-0.25, -0.2) is 14.4 Å². The van der Waals surface area contributed by atoms with Crippen molar-refractivity contribution in [2.75, 3.05) is 20.3 Å². The zero-order valence-corrected chi connectivity index (χ0v) is 27.4. The summed E-state index contributed by atoms with van der Waals surface area (Å²) < 4.78 is 34.6. The lowest BCUT2D eigenvalue weighted by atomic mass is 9.37. The molecule has 16 heteroatoms. The van der Waals surface area contributed by atoms with Crippen LogP contribution in [0.3, 0.4) is 0 Å². The monoisotopic (exact) mass is 686 g/mol. The molecule has 6 fully saturated rings. The van der Waals surface area contributed by atoms with Crippen molar-refractivity contribution in [2.24, 2.45) is 34.5 Å². The average molecular weight is 687 g/mol. The van der Waals surface area contributed by atoms with E-state index in [2.05, 4.69) is 0 Å². The second kappa shape index (κ2) is 12.2. The van der Waals surface area contributed by atoms with Crippen LogP contribution in [0.5, 0.6) is 0 Å². The topological polar surface area (TPSA) is 248 Å². The van der Waals surface area contributed by atoms with E-state index in [1.807, 2.05) is 6.92 Å². The Hall–Kier alpha value is -2.25. The Bertz CT molecular complexity index is 1330. The molecular formula is C32H46O16. The summed E-state index contributed by atoms with van der Waals surface area (Å²) in [5.74, 6) is -6.29. The number of aliphatic hydroxyl groups is 7. The molecule has 6 rings (SSSR count). The highest BCUT2D eigenvalue weighted by Gasteiger charge is 2.85. The number of esters is 3. The minimum atomic E-state index is -2.30. The summed E-state index contributed by atoms with van der Waals surface area (Å²) in [5.41, 5.74) is -4.17. The first-order valence-corrected chi connectivity index (χ1v) is 16.3. The number of ether oxygens (including phenoxy) is 6. The molecular weight excluding hydrogens is 640 g/mol. The van der Waals surface area contributed by atoms with Crippen LogP contribution in [0, 0.1) is 34.5 Å². The van der Waals surface area contributed by atoms with E-state index in [1.54, 1.807) is 20.8 Å². The lowest BCUT2D eigenvalue weighted by Crippen LogP contribution is -2.80. The summed E-state index contributed by atoms with van der Waals surface area (Å²) >= 11 is 0. The molecule has 6 aliphatic rings. The maximum atomic E-state index is 13.7. The second-order valence-corrected chi connectivity index (χ2v) is 14.9. The van der Waals surface area contributed by atoms with E-state index in [4.69, 9.17) is 28.4 Å². The molecule has 0 aromatic rings. The molecule has 1 spiro atoms. The molecule has 1 unspecified atom stereocenters. The molecule has 3 saturated carbocycles. The van der Waals surface area contributed by atoms with Gasteiger partial charge in [0.05, 0.1) is 44.6 Å². The van der Waals surface area contributed by atoms with Gasteiger partial charge < -0.3 is 64.2 Å². The highest BCUT2D eigenvalue weighted by molar-refractivity contribution is 5.89. The third-order valence-electron chi connectivity index (χ3n) is 12.2. The molecule has 7 N–H and O–H groups in total. The summed E-state index contributed by atoms with van der Waals surface area (Å²) in [4.78, 5) is 40.2. The number of fused-ring (bicyclic) bond motifs is 2. The van der Waals surface area contributed by atoms with E-state index in [1.165, 1.54) is 6.08 Å². The fourth-order valence-corrected chi connectivity index (χ4v) is 10.3. The first-order valence-electron chi connectivity index (χ1n) is 16.3. The van der Waals surface area contributed by atoms with Gasteiger partial charge in [-0.05, 0) is 43.9 Å². The Labute approximate surface area is 276 Å². The van der Waals surface area contributed by atoms with E-state index in [0.717, 1.165) is 7.11 Å².